The van der Waals surface area contributed by atoms with Gasteiger partial charge in [0.05, 0.1) is 10.9 Å². The molecule has 1 unspecified atom stereocenters. The van der Waals surface area contributed by atoms with Gasteiger partial charge in [-0.05, 0) is 58.7 Å². The molecule has 1 heterocycles. The minimum Gasteiger partial charge on any atom is -0.351 e. The Morgan fingerprint density at radius 1 is 1.30 bits per heavy atom. The highest BCUT2D eigenvalue weighted by Gasteiger charge is 2.22. The first-order chi connectivity index (χ1) is 10.7. The van der Waals surface area contributed by atoms with Gasteiger partial charge >= 0.3 is 0 Å². The number of nitrogens with one attached hydrogen (secondary N) is 1. The Balaban J connectivity index is 2.22. The Bertz CT molecular complexity index is 701. The van der Waals surface area contributed by atoms with Crippen LogP contribution < -0.4 is 5.32 Å². The number of aryl methyl sites for hydroxylation is 2. The second kappa shape index (κ2) is 6.79. The van der Waals surface area contributed by atoms with Gasteiger partial charge in [0.15, 0.2) is 5.16 Å². The van der Waals surface area contributed by atoms with Crippen LogP contribution in [0.25, 0.3) is 5.69 Å². The van der Waals surface area contributed by atoms with Crippen LogP contribution in [-0.4, -0.2) is 26.2 Å². The van der Waals surface area contributed by atoms with E-state index in [0.717, 1.165) is 10.8 Å². The van der Waals surface area contributed by atoms with Crippen molar-refractivity contribution < 1.29 is 4.79 Å². The van der Waals surface area contributed by atoms with Crippen molar-refractivity contribution in [2.75, 3.05) is 0 Å². The van der Waals surface area contributed by atoms with Gasteiger partial charge in [-0.3, -0.25) is 9.36 Å². The maximum absolute atomic E-state index is 12.3. The van der Waals surface area contributed by atoms with E-state index in [1.54, 1.807) is 6.20 Å². The van der Waals surface area contributed by atoms with E-state index >= 15 is 0 Å². The standard InChI is InChI=1S/C18H25N3OS/c1-12-7-8-13(2)15(11-12)21-10-9-19-17(21)23-14(3)16(22)20-18(4,5)6/h7-11,14H,1-6H3,(H,20,22). The van der Waals surface area contributed by atoms with Crippen LogP contribution in [0.15, 0.2) is 35.7 Å². The Labute approximate surface area is 142 Å². The molecule has 0 fully saturated rings. The number of thioether (sulfide) groups is 1. The highest BCUT2D eigenvalue weighted by atomic mass is 32.2. The molecule has 0 aliphatic carbocycles. The van der Waals surface area contributed by atoms with Crippen molar-refractivity contribution in [3.05, 3.63) is 41.7 Å². The van der Waals surface area contributed by atoms with Crippen LogP contribution in [0.4, 0.5) is 0 Å². The summed E-state index contributed by atoms with van der Waals surface area (Å²) in [6, 6.07) is 6.35. The van der Waals surface area contributed by atoms with Crippen LogP contribution in [0.3, 0.4) is 0 Å². The Morgan fingerprint density at radius 2 is 2.00 bits per heavy atom. The first-order valence-electron chi connectivity index (χ1n) is 7.77. The van der Waals surface area contributed by atoms with Gasteiger partial charge in [0, 0.05) is 17.9 Å². The molecule has 1 amide bonds. The molecule has 124 valence electrons. The number of rotatable bonds is 4. The van der Waals surface area contributed by atoms with E-state index in [9.17, 15) is 4.79 Å². The molecule has 0 radical (unpaired) electrons. The summed E-state index contributed by atoms with van der Waals surface area (Å²) in [5.74, 6) is 0.0259. The molecule has 2 aromatic rings. The smallest absolute Gasteiger partial charge is 0.233 e. The average molecular weight is 331 g/mol. The quantitative estimate of drug-likeness (QED) is 0.865. The molecule has 0 aliphatic heterocycles. The molecule has 0 aliphatic rings. The summed E-state index contributed by atoms with van der Waals surface area (Å²) in [5.41, 5.74) is 3.26. The number of aromatic nitrogens is 2. The van der Waals surface area contributed by atoms with E-state index in [1.165, 1.54) is 22.9 Å². The third-order valence-corrected chi connectivity index (χ3v) is 4.46. The van der Waals surface area contributed by atoms with Gasteiger partial charge in [0.2, 0.25) is 5.91 Å². The lowest BCUT2D eigenvalue weighted by Gasteiger charge is -2.23. The molecule has 23 heavy (non-hydrogen) atoms. The fourth-order valence-electron chi connectivity index (χ4n) is 2.22. The SMILES string of the molecule is Cc1ccc(C)c(-n2ccnc2SC(C)C(=O)NC(C)(C)C)c1. The van der Waals surface area contributed by atoms with Crippen molar-refractivity contribution in [2.45, 2.75) is 57.5 Å². The van der Waals surface area contributed by atoms with Crippen molar-refractivity contribution in [1.29, 1.82) is 0 Å². The monoisotopic (exact) mass is 331 g/mol. The Kier molecular flexibility index (Phi) is 5.19. The zero-order valence-corrected chi connectivity index (χ0v) is 15.5. The van der Waals surface area contributed by atoms with Gasteiger partial charge < -0.3 is 5.32 Å². The van der Waals surface area contributed by atoms with Crippen LogP contribution >= 0.6 is 11.8 Å². The maximum Gasteiger partial charge on any atom is 0.233 e. The molecule has 1 atom stereocenters. The van der Waals surface area contributed by atoms with Gasteiger partial charge in [0.1, 0.15) is 0 Å². The summed E-state index contributed by atoms with van der Waals surface area (Å²) in [4.78, 5) is 16.7. The molecule has 0 saturated carbocycles. The van der Waals surface area contributed by atoms with Crippen molar-refractivity contribution >= 4 is 17.7 Å². The Morgan fingerprint density at radius 3 is 2.65 bits per heavy atom. The summed E-state index contributed by atoms with van der Waals surface area (Å²) in [5, 5.41) is 3.64. The minimum absolute atomic E-state index is 0.0259. The molecule has 5 heteroatoms. The second-order valence-electron chi connectivity index (χ2n) is 6.87. The second-order valence-corrected chi connectivity index (χ2v) is 8.18. The molecule has 1 N–H and O–H groups in total. The fraction of sp³-hybridized carbons (Fsp3) is 0.444. The fourth-order valence-corrected chi connectivity index (χ4v) is 3.10. The number of hydrogen-bond donors (Lipinski definition) is 1. The average Bonchev–Trinajstić information content (AvgIpc) is 2.87. The number of imidazole rings is 1. The van der Waals surface area contributed by atoms with Crippen molar-refractivity contribution in [2.24, 2.45) is 0 Å². The topological polar surface area (TPSA) is 46.9 Å². The highest BCUT2D eigenvalue weighted by molar-refractivity contribution is 8.00. The molecule has 0 bridgehead atoms. The third-order valence-electron chi connectivity index (χ3n) is 3.38. The number of hydrogen-bond acceptors (Lipinski definition) is 3. The normalized spacial score (nSPS) is 13.0. The molecule has 0 spiro atoms. The van der Waals surface area contributed by atoms with E-state index in [-0.39, 0.29) is 16.7 Å². The first-order valence-corrected chi connectivity index (χ1v) is 8.65. The van der Waals surface area contributed by atoms with E-state index in [4.69, 9.17) is 0 Å². The van der Waals surface area contributed by atoms with Crippen LogP contribution in [0.2, 0.25) is 0 Å². The van der Waals surface area contributed by atoms with Crippen LogP contribution in [-0.2, 0) is 4.79 Å². The summed E-state index contributed by atoms with van der Waals surface area (Å²) in [7, 11) is 0. The first kappa shape index (κ1) is 17.6. The number of carbonyl (C=O) groups is 1. The summed E-state index contributed by atoms with van der Waals surface area (Å²) < 4.78 is 2.05. The van der Waals surface area contributed by atoms with E-state index in [1.807, 2.05) is 38.5 Å². The molecule has 1 aromatic heterocycles. The van der Waals surface area contributed by atoms with Crippen molar-refractivity contribution in [1.82, 2.24) is 14.9 Å². The highest BCUT2D eigenvalue weighted by Crippen LogP contribution is 2.27. The summed E-state index contributed by atoms with van der Waals surface area (Å²) >= 11 is 1.47. The molecule has 1 aromatic carbocycles. The number of benzene rings is 1. The van der Waals surface area contributed by atoms with Crippen molar-refractivity contribution in [3.63, 3.8) is 0 Å². The number of nitrogens with zero attached hydrogens (tertiary/aromatic N) is 2. The van der Waals surface area contributed by atoms with Crippen LogP contribution in [0.5, 0.6) is 0 Å². The molecule has 4 nitrogen and oxygen atoms in total. The third kappa shape index (κ3) is 4.61. The van der Waals surface area contributed by atoms with Gasteiger partial charge in [0.25, 0.3) is 0 Å². The zero-order chi connectivity index (χ0) is 17.2. The van der Waals surface area contributed by atoms with Gasteiger partial charge in [-0.15, -0.1) is 0 Å². The molecular formula is C18H25N3OS. The molecule has 0 saturated heterocycles. The van der Waals surface area contributed by atoms with Gasteiger partial charge in [-0.2, -0.15) is 0 Å². The Hall–Kier alpha value is -1.75. The predicted molar refractivity (Wildman–Crippen MR) is 96.3 cm³/mol. The predicted octanol–water partition coefficient (Wildman–Crippen LogP) is 3.88. The summed E-state index contributed by atoms with van der Waals surface area (Å²) in [6.45, 7) is 12.0. The van der Waals surface area contributed by atoms with Crippen LogP contribution in [0, 0.1) is 13.8 Å². The zero-order valence-electron chi connectivity index (χ0n) is 14.7. The van der Waals surface area contributed by atoms with Crippen molar-refractivity contribution in [3.8, 4) is 5.69 Å². The van der Waals surface area contributed by atoms with E-state index in [2.05, 4.69) is 42.3 Å². The maximum atomic E-state index is 12.3. The number of carbonyl (C=O) groups excluding carboxylic acids is 1. The van der Waals surface area contributed by atoms with Crippen LogP contribution in [0.1, 0.15) is 38.8 Å². The molecular weight excluding hydrogens is 306 g/mol. The molecule has 2 rings (SSSR count). The van der Waals surface area contributed by atoms with E-state index in [0.29, 0.717) is 0 Å². The lowest BCUT2D eigenvalue weighted by molar-refractivity contribution is -0.121. The van der Waals surface area contributed by atoms with Gasteiger partial charge in [-0.1, -0.05) is 23.9 Å². The van der Waals surface area contributed by atoms with Gasteiger partial charge in [-0.25, -0.2) is 4.98 Å². The van der Waals surface area contributed by atoms with E-state index < -0.39 is 0 Å². The number of amides is 1. The largest absolute Gasteiger partial charge is 0.351 e. The lowest BCUT2D eigenvalue weighted by atomic mass is 10.1. The minimum atomic E-state index is -0.228. The summed E-state index contributed by atoms with van der Waals surface area (Å²) in [6.07, 6.45) is 3.72. The lowest BCUT2D eigenvalue weighted by Crippen LogP contribution is -2.44.